The molecule has 0 saturated heterocycles. The SMILES string of the molecule is CNC(C)CNC(=O)c1ccncc1Cl.Cl.Cl. The molecule has 0 aliphatic rings. The first-order chi connectivity index (χ1) is 7.15. The molecule has 1 amide bonds. The van der Waals surface area contributed by atoms with E-state index in [0.717, 1.165) is 0 Å². The Morgan fingerprint density at radius 2 is 2.18 bits per heavy atom. The summed E-state index contributed by atoms with van der Waals surface area (Å²) in [6.45, 7) is 2.54. The molecule has 1 rings (SSSR count). The summed E-state index contributed by atoms with van der Waals surface area (Å²) in [6, 6.07) is 1.83. The number of aromatic nitrogens is 1. The van der Waals surface area contributed by atoms with Crippen molar-refractivity contribution >= 4 is 42.3 Å². The van der Waals surface area contributed by atoms with Gasteiger partial charge in [-0.3, -0.25) is 9.78 Å². The molecule has 1 heterocycles. The van der Waals surface area contributed by atoms with Crippen LogP contribution in [-0.4, -0.2) is 30.5 Å². The Labute approximate surface area is 118 Å². The molecule has 0 aliphatic heterocycles. The summed E-state index contributed by atoms with van der Waals surface area (Å²) < 4.78 is 0. The van der Waals surface area contributed by atoms with Crippen LogP contribution >= 0.6 is 36.4 Å². The van der Waals surface area contributed by atoms with Crippen molar-refractivity contribution in [2.45, 2.75) is 13.0 Å². The monoisotopic (exact) mass is 299 g/mol. The first-order valence-corrected chi connectivity index (χ1v) is 5.08. The highest BCUT2D eigenvalue weighted by molar-refractivity contribution is 6.33. The van der Waals surface area contributed by atoms with Crippen LogP contribution in [0.2, 0.25) is 5.02 Å². The Morgan fingerprint density at radius 3 is 2.71 bits per heavy atom. The van der Waals surface area contributed by atoms with Crippen LogP contribution in [0.4, 0.5) is 0 Å². The number of halogens is 3. The topological polar surface area (TPSA) is 54.0 Å². The van der Waals surface area contributed by atoms with Gasteiger partial charge in [-0.15, -0.1) is 24.8 Å². The molecule has 0 spiro atoms. The average Bonchev–Trinajstić information content (AvgIpc) is 2.26. The zero-order chi connectivity index (χ0) is 11.3. The Morgan fingerprint density at radius 1 is 1.53 bits per heavy atom. The molecule has 1 atom stereocenters. The van der Waals surface area contributed by atoms with Crippen LogP contribution in [0.3, 0.4) is 0 Å². The van der Waals surface area contributed by atoms with E-state index in [1.807, 2.05) is 14.0 Å². The molecule has 1 unspecified atom stereocenters. The van der Waals surface area contributed by atoms with Gasteiger partial charge in [0, 0.05) is 25.0 Å². The number of pyridine rings is 1. The predicted octanol–water partition coefficient (Wildman–Crippen LogP) is 1.92. The Balaban J connectivity index is 0. The summed E-state index contributed by atoms with van der Waals surface area (Å²) in [7, 11) is 1.84. The molecule has 0 saturated carbocycles. The third-order valence-electron chi connectivity index (χ3n) is 2.08. The number of nitrogens with one attached hydrogen (secondary N) is 2. The van der Waals surface area contributed by atoms with E-state index in [0.29, 0.717) is 17.1 Å². The molecule has 0 radical (unpaired) electrons. The lowest BCUT2D eigenvalue weighted by Crippen LogP contribution is -2.37. The molecule has 0 bridgehead atoms. The summed E-state index contributed by atoms with van der Waals surface area (Å²) in [4.78, 5) is 15.4. The van der Waals surface area contributed by atoms with Gasteiger partial charge in [0.1, 0.15) is 0 Å². The van der Waals surface area contributed by atoms with E-state index < -0.39 is 0 Å². The quantitative estimate of drug-likeness (QED) is 0.893. The van der Waals surface area contributed by atoms with Crippen molar-refractivity contribution in [2.24, 2.45) is 0 Å². The molecule has 2 N–H and O–H groups in total. The van der Waals surface area contributed by atoms with Crippen molar-refractivity contribution in [3.05, 3.63) is 29.0 Å². The largest absolute Gasteiger partial charge is 0.350 e. The molecule has 1 aromatic rings. The number of likely N-dealkylation sites (N-methyl/N-ethyl adjacent to an activating group) is 1. The maximum atomic E-state index is 11.6. The highest BCUT2D eigenvalue weighted by Gasteiger charge is 2.09. The molecule has 0 fully saturated rings. The van der Waals surface area contributed by atoms with Gasteiger partial charge in [0.15, 0.2) is 0 Å². The third-order valence-corrected chi connectivity index (χ3v) is 2.38. The zero-order valence-corrected chi connectivity index (χ0v) is 12.0. The summed E-state index contributed by atoms with van der Waals surface area (Å²) in [5.41, 5.74) is 0.454. The van der Waals surface area contributed by atoms with Crippen molar-refractivity contribution < 1.29 is 4.79 Å². The Hall–Kier alpha value is -0.550. The molecule has 7 heteroatoms. The molecule has 4 nitrogen and oxygen atoms in total. The van der Waals surface area contributed by atoms with E-state index in [1.165, 1.54) is 6.20 Å². The lowest BCUT2D eigenvalue weighted by atomic mass is 10.2. The van der Waals surface area contributed by atoms with Gasteiger partial charge in [-0.25, -0.2) is 0 Å². The second kappa shape index (κ2) is 9.48. The summed E-state index contributed by atoms with van der Waals surface area (Å²) in [5.74, 6) is -0.176. The van der Waals surface area contributed by atoms with Gasteiger partial charge < -0.3 is 10.6 Å². The second-order valence-electron chi connectivity index (χ2n) is 3.26. The van der Waals surface area contributed by atoms with Crippen LogP contribution in [0.25, 0.3) is 0 Å². The fourth-order valence-corrected chi connectivity index (χ4v) is 1.21. The van der Waals surface area contributed by atoms with E-state index in [-0.39, 0.29) is 36.8 Å². The summed E-state index contributed by atoms with van der Waals surface area (Å²) in [6.07, 6.45) is 3.00. The minimum atomic E-state index is -0.176. The highest BCUT2D eigenvalue weighted by Crippen LogP contribution is 2.12. The van der Waals surface area contributed by atoms with Crippen molar-refractivity contribution in [3.63, 3.8) is 0 Å². The first kappa shape index (κ1) is 18.8. The predicted molar refractivity (Wildman–Crippen MR) is 74.6 cm³/mol. The van der Waals surface area contributed by atoms with Crippen molar-refractivity contribution in [3.8, 4) is 0 Å². The fraction of sp³-hybridized carbons (Fsp3) is 0.400. The molecule has 17 heavy (non-hydrogen) atoms. The van der Waals surface area contributed by atoms with Gasteiger partial charge in [0.2, 0.25) is 0 Å². The van der Waals surface area contributed by atoms with Gasteiger partial charge in [-0.1, -0.05) is 11.6 Å². The van der Waals surface area contributed by atoms with E-state index in [2.05, 4.69) is 15.6 Å². The standard InChI is InChI=1S/C10H14ClN3O.2ClH/c1-7(12-2)5-14-10(15)8-3-4-13-6-9(8)11;;/h3-4,6-7,12H,5H2,1-2H3,(H,14,15);2*1H. The average molecular weight is 301 g/mol. The van der Waals surface area contributed by atoms with Crippen molar-refractivity contribution in [1.29, 1.82) is 0 Å². The van der Waals surface area contributed by atoms with Crippen LogP contribution in [0, 0.1) is 0 Å². The number of rotatable bonds is 4. The van der Waals surface area contributed by atoms with Crippen LogP contribution in [0.5, 0.6) is 0 Å². The minimum Gasteiger partial charge on any atom is -0.350 e. The van der Waals surface area contributed by atoms with E-state index in [1.54, 1.807) is 12.3 Å². The summed E-state index contributed by atoms with van der Waals surface area (Å²) >= 11 is 5.83. The van der Waals surface area contributed by atoms with Crippen molar-refractivity contribution in [1.82, 2.24) is 15.6 Å². The molecular formula is C10H16Cl3N3O. The Bertz CT molecular complexity index is 349. The van der Waals surface area contributed by atoms with Crippen LogP contribution < -0.4 is 10.6 Å². The highest BCUT2D eigenvalue weighted by atomic mass is 35.5. The van der Waals surface area contributed by atoms with E-state index in [9.17, 15) is 4.79 Å². The van der Waals surface area contributed by atoms with E-state index in [4.69, 9.17) is 11.6 Å². The number of carbonyl (C=O) groups is 1. The molecular weight excluding hydrogens is 284 g/mol. The smallest absolute Gasteiger partial charge is 0.252 e. The van der Waals surface area contributed by atoms with Crippen molar-refractivity contribution in [2.75, 3.05) is 13.6 Å². The maximum Gasteiger partial charge on any atom is 0.252 e. The molecule has 1 aromatic heterocycles. The van der Waals surface area contributed by atoms with Gasteiger partial charge in [0.05, 0.1) is 10.6 Å². The number of hydrogen-bond donors (Lipinski definition) is 2. The first-order valence-electron chi connectivity index (χ1n) is 4.70. The molecule has 0 aliphatic carbocycles. The lowest BCUT2D eigenvalue weighted by molar-refractivity contribution is 0.0950. The second-order valence-corrected chi connectivity index (χ2v) is 3.66. The van der Waals surface area contributed by atoms with Gasteiger partial charge in [0.25, 0.3) is 5.91 Å². The molecule has 98 valence electrons. The van der Waals surface area contributed by atoms with Crippen LogP contribution in [0.1, 0.15) is 17.3 Å². The third kappa shape index (κ3) is 6.07. The fourth-order valence-electron chi connectivity index (χ4n) is 1.00. The van der Waals surface area contributed by atoms with Gasteiger partial charge in [-0.05, 0) is 20.0 Å². The van der Waals surface area contributed by atoms with Crippen LogP contribution in [-0.2, 0) is 0 Å². The summed E-state index contributed by atoms with van der Waals surface area (Å²) in [5, 5.41) is 6.17. The lowest BCUT2D eigenvalue weighted by Gasteiger charge is -2.11. The number of hydrogen-bond acceptors (Lipinski definition) is 3. The minimum absolute atomic E-state index is 0. The van der Waals surface area contributed by atoms with Gasteiger partial charge in [-0.2, -0.15) is 0 Å². The number of nitrogens with zero attached hydrogens (tertiary/aromatic N) is 1. The van der Waals surface area contributed by atoms with Gasteiger partial charge >= 0.3 is 0 Å². The van der Waals surface area contributed by atoms with E-state index >= 15 is 0 Å². The maximum absolute atomic E-state index is 11.6. The molecule has 0 aromatic carbocycles. The Kier molecular flexibility index (Phi) is 10.5. The normalized spacial score (nSPS) is 10.8. The zero-order valence-electron chi connectivity index (χ0n) is 9.57. The number of carbonyl (C=O) groups excluding carboxylic acids is 1. The van der Waals surface area contributed by atoms with Crippen LogP contribution in [0.15, 0.2) is 18.5 Å². The number of amides is 1.